The first-order valence-electron chi connectivity index (χ1n) is 8.04. The Morgan fingerprint density at radius 2 is 2.00 bits per heavy atom. The molecule has 1 aromatic heterocycles. The number of carbonyl (C=O) groups is 1. The van der Waals surface area contributed by atoms with Gasteiger partial charge in [0.2, 0.25) is 10.0 Å². The van der Waals surface area contributed by atoms with Crippen molar-refractivity contribution in [1.82, 2.24) is 19.8 Å². The minimum absolute atomic E-state index is 0. The minimum Gasteiger partial charge on any atom is -0.324 e. The van der Waals surface area contributed by atoms with Gasteiger partial charge in [-0.05, 0) is 57.2 Å². The summed E-state index contributed by atoms with van der Waals surface area (Å²) in [4.78, 5) is 13.2. The second-order valence-electron chi connectivity index (χ2n) is 5.92. The van der Waals surface area contributed by atoms with Crippen LogP contribution in [0.15, 0.2) is 47.6 Å². The number of piperidine rings is 1. The lowest BCUT2D eigenvalue weighted by Gasteiger charge is -2.36. The normalized spacial score (nSPS) is 16.5. The largest absolute Gasteiger partial charge is 0.324 e. The molecule has 26 heavy (non-hydrogen) atoms. The molecular weight excluding hydrogens is 378 g/mol. The van der Waals surface area contributed by atoms with Crippen LogP contribution in [0.4, 0.5) is 5.69 Å². The summed E-state index contributed by atoms with van der Waals surface area (Å²) in [7, 11) is -2.22. The Hall–Kier alpha value is -1.94. The van der Waals surface area contributed by atoms with Crippen molar-refractivity contribution in [2.45, 2.75) is 23.3 Å². The molecule has 142 valence electrons. The molecule has 1 aliphatic heterocycles. The number of aromatic nitrogens is 2. The summed E-state index contributed by atoms with van der Waals surface area (Å²) in [6.45, 7) is 1.42. The average molecular weight is 400 g/mol. The smallest absolute Gasteiger partial charge is 0.252 e. The van der Waals surface area contributed by atoms with E-state index >= 15 is 0 Å². The van der Waals surface area contributed by atoms with Gasteiger partial charge in [0.25, 0.3) is 5.91 Å². The van der Waals surface area contributed by atoms with Crippen LogP contribution < -0.4 is 15.4 Å². The van der Waals surface area contributed by atoms with Gasteiger partial charge in [0.05, 0.1) is 4.90 Å². The minimum atomic E-state index is -3.57. The molecule has 0 radical (unpaired) electrons. The Labute approximate surface area is 158 Å². The number of nitrogens with zero attached hydrogens (tertiary/aromatic N) is 2. The quantitative estimate of drug-likeness (QED) is 0.693. The molecule has 0 unspecified atom stereocenters. The van der Waals surface area contributed by atoms with Crippen LogP contribution in [0, 0.1) is 0 Å². The van der Waals surface area contributed by atoms with Crippen molar-refractivity contribution in [2.24, 2.45) is 0 Å². The van der Waals surface area contributed by atoms with Crippen molar-refractivity contribution in [2.75, 3.05) is 25.5 Å². The number of benzene rings is 1. The van der Waals surface area contributed by atoms with Gasteiger partial charge in [-0.3, -0.25) is 9.48 Å². The molecule has 0 atom stereocenters. The molecule has 1 aliphatic rings. The highest BCUT2D eigenvalue weighted by Crippen LogP contribution is 2.29. The van der Waals surface area contributed by atoms with E-state index in [0.29, 0.717) is 31.6 Å². The molecule has 3 rings (SSSR count). The Kier molecular flexibility index (Phi) is 6.40. The van der Waals surface area contributed by atoms with E-state index in [0.717, 1.165) is 0 Å². The van der Waals surface area contributed by atoms with Crippen molar-refractivity contribution in [3.63, 3.8) is 0 Å². The summed E-state index contributed by atoms with van der Waals surface area (Å²) >= 11 is 0. The van der Waals surface area contributed by atoms with Crippen LogP contribution in [0.25, 0.3) is 0 Å². The van der Waals surface area contributed by atoms with E-state index < -0.39 is 15.6 Å². The van der Waals surface area contributed by atoms with Crippen molar-refractivity contribution in [3.05, 3.63) is 42.7 Å². The van der Waals surface area contributed by atoms with Gasteiger partial charge in [-0.15, -0.1) is 12.4 Å². The van der Waals surface area contributed by atoms with Crippen molar-refractivity contribution >= 4 is 34.0 Å². The molecule has 2 aromatic rings. The molecule has 0 bridgehead atoms. The van der Waals surface area contributed by atoms with Crippen LogP contribution in [-0.2, 0) is 20.4 Å². The van der Waals surface area contributed by atoms with Gasteiger partial charge in [-0.25, -0.2) is 13.1 Å². The number of anilines is 1. The maximum absolute atomic E-state index is 13.1. The third kappa shape index (κ3) is 3.90. The average Bonchev–Trinajstić information content (AvgIpc) is 3.17. The highest BCUT2D eigenvalue weighted by molar-refractivity contribution is 7.89. The summed E-state index contributed by atoms with van der Waals surface area (Å²) in [6.07, 6.45) is 4.65. The number of amides is 1. The fraction of sp³-hybridized carbons (Fsp3) is 0.375. The summed E-state index contributed by atoms with van der Waals surface area (Å²) in [5.74, 6) is -0.197. The third-order valence-electron chi connectivity index (χ3n) is 4.47. The van der Waals surface area contributed by atoms with Crippen LogP contribution in [0.3, 0.4) is 0 Å². The van der Waals surface area contributed by atoms with E-state index in [1.54, 1.807) is 35.3 Å². The summed E-state index contributed by atoms with van der Waals surface area (Å²) in [5, 5.41) is 10.4. The highest BCUT2D eigenvalue weighted by atomic mass is 35.5. The van der Waals surface area contributed by atoms with Gasteiger partial charge in [0, 0.05) is 18.1 Å². The Balaban J connectivity index is 0.00000243. The lowest BCUT2D eigenvalue weighted by molar-refractivity contribution is -0.126. The number of halogens is 1. The summed E-state index contributed by atoms with van der Waals surface area (Å²) in [6, 6.07) is 7.99. The molecule has 1 amide bonds. The van der Waals surface area contributed by atoms with E-state index in [-0.39, 0.29) is 23.2 Å². The monoisotopic (exact) mass is 399 g/mol. The molecule has 0 saturated carbocycles. The molecule has 3 N–H and O–H groups in total. The SMILES string of the molecule is CNS(=O)(=O)c1cccc(NC(=O)C2(n3cccn3)CCNCC2)c1.Cl. The van der Waals surface area contributed by atoms with E-state index in [1.807, 2.05) is 0 Å². The second-order valence-corrected chi connectivity index (χ2v) is 7.81. The van der Waals surface area contributed by atoms with Crippen molar-refractivity contribution in [3.8, 4) is 0 Å². The topological polar surface area (TPSA) is 105 Å². The molecular formula is C16H22ClN5O3S. The van der Waals surface area contributed by atoms with Gasteiger partial charge in [-0.2, -0.15) is 5.10 Å². The van der Waals surface area contributed by atoms with Gasteiger partial charge in [0.1, 0.15) is 5.54 Å². The lowest BCUT2D eigenvalue weighted by atomic mass is 9.87. The van der Waals surface area contributed by atoms with Gasteiger partial charge in [-0.1, -0.05) is 6.07 Å². The molecule has 2 heterocycles. The van der Waals surface area contributed by atoms with E-state index in [1.165, 1.54) is 19.2 Å². The first-order valence-corrected chi connectivity index (χ1v) is 9.52. The number of rotatable bonds is 5. The predicted molar refractivity (Wildman–Crippen MR) is 101 cm³/mol. The van der Waals surface area contributed by atoms with Gasteiger partial charge >= 0.3 is 0 Å². The fourth-order valence-electron chi connectivity index (χ4n) is 3.03. The van der Waals surface area contributed by atoms with Crippen molar-refractivity contribution < 1.29 is 13.2 Å². The third-order valence-corrected chi connectivity index (χ3v) is 5.88. The molecule has 1 fully saturated rings. The first kappa shape index (κ1) is 20.4. The van der Waals surface area contributed by atoms with Crippen LogP contribution in [0.2, 0.25) is 0 Å². The standard InChI is InChI=1S/C16H21N5O3S.ClH/c1-17-25(23,24)14-5-2-4-13(12-14)20-15(22)16(6-9-18-10-7-16)21-11-3-8-19-21;/h2-5,8,11-12,17-18H,6-7,9-10H2,1H3,(H,20,22);1H. The van der Waals surface area contributed by atoms with Crippen LogP contribution in [-0.4, -0.2) is 44.2 Å². The number of carbonyl (C=O) groups excluding carboxylic acids is 1. The molecule has 1 aromatic carbocycles. The van der Waals surface area contributed by atoms with E-state index in [9.17, 15) is 13.2 Å². The predicted octanol–water partition coefficient (Wildman–Crippen LogP) is 0.930. The first-order chi connectivity index (χ1) is 12.0. The summed E-state index contributed by atoms with van der Waals surface area (Å²) < 4.78 is 27.8. The molecule has 0 spiro atoms. The maximum Gasteiger partial charge on any atom is 0.252 e. The van der Waals surface area contributed by atoms with Crippen LogP contribution in [0.1, 0.15) is 12.8 Å². The Morgan fingerprint density at radius 3 is 2.62 bits per heavy atom. The summed E-state index contributed by atoms with van der Waals surface area (Å²) in [5.41, 5.74) is -0.349. The fourth-order valence-corrected chi connectivity index (χ4v) is 3.80. The zero-order chi connectivity index (χ0) is 17.9. The lowest BCUT2D eigenvalue weighted by Crippen LogP contribution is -2.52. The maximum atomic E-state index is 13.1. The molecule has 0 aliphatic carbocycles. The van der Waals surface area contributed by atoms with Crippen molar-refractivity contribution in [1.29, 1.82) is 0 Å². The zero-order valence-corrected chi connectivity index (χ0v) is 15.9. The Morgan fingerprint density at radius 1 is 1.27 bits per heavy atom. The molecule has 10 heteroatoms. The molecule has 8 nitrogen and oxygen atoms in total. The van der Waals surface area contributed by atoms with Crippen LogP contribution >= 0.6 is 12.4 Å². The highest BCUT2D eigenvalue weighted by Gasteiger charge is 2.42. The molecule has 1 saturated heterocycles. The van der Waals surface area contributed by atoms with E-state index in [4.69, 9.17) is 0 Å². The Bertz CT molecular complexity index is 849. The number of hydrogen-bond donors (Lipinski definition) is 3. The van der Waals surface area contributed by atoms with Gasteiger partial charge < -0.3 is 10.6 Å². The number of sulfonamides is 1. The zero-order valence-electron chi connectivity index (χ0n) is 14.3. The number of hydrogen-bond acceptors (Lipinski definition) is 5. The van der Waals surface area contributed by atoms with Crippen LogP contribution in [0.5, 0.6) is 0 Å². The van der Waals surface area contributed by atoms with Gasteiger partial charge in [0.15, 0.2) is 0 Å². The number of nitrogens with one attached hydrogen (secondary N) is 3. The van der Waals surface area contributed by atoms with E-state index in [2.05, 4.69) is 20.5 Å². The second kappa shape index (κ2) is 8.17.